The van der Waals surface area contributed by atoms with E-state index in [2.05, 4.69) is 15.9 Å². The number of hydrogen-bond donors (Lipinski definition) is 1. The largest absolute Gasteiger partial charge is 0.340 e. The van der Waals surface area contributed by atoms with E-state index in [1.807, 2.05) is 18.2 Å². The molecule has 2 unspecified atom stereocenters. The summed E-state index contributed by atoms with van der Waals surface area (Å²) in [6.07, 6.45) is 5.76. The number of hydrogen-bond acceptors (Lipinski definition) is 3. The molecule has 2 bridgehead atoms. The van der Waals surface area contributed by atoms with Crippen molar-refractivity contribution in [1.82, 2.24) is 9.80 Å². The van der Waals surface area contributed by atoms with Crippen LogP contribution in [0.1, 0.15) is 37.7 Å². The number of carbonyl (C=O) groups is 1. The van der Waals surface area contributed by atoms with Gasteiger partial charge in [0.1, 0.15) is 0 Å². The fourth-order valence-electron chi connectivity index (χ4n) is 5.27. The Morgan fingerprint density at radius 2 is 1.81 bits per heavy atom. The molecule has 142 valence electrons. The third-order valence-corrected chi connectivity index (χ3v) is 6.98. The van der Waals surface area contributed by atoms with Gasteiger partial charge in [0.2, 0.25) is 5.91 Å². The van der Waals surface area contributed by atoms with Crippen molar-refractivity contribution in [1.29, 1.82) is 0 Å². The fourth-order valence-corrected chi connectivity index (χ4v) is 5.48. The highest BCUT2D eigenvalue weighted by Crippen LogP contribution is 2.42. The van der Waals surface area contributed by atoms with Crippen LogP contribution in [0.5, 0.6) is 0 Å². The van der Waals surface area contributed by atoms with Crippen molar-refractivity contribution in [3.63, 3.8) is 0 Å². The summed E-state index contributed by atoms with van der Waals surface area (Å²) in [5.74, 6) is 1.74. The van der Waals surface area contributed by atoms with Gasteiger partial charge in [-0.15, -0.1) is 0 Å². The number of carbonyl (C=O) groups excluding carboxylic acids is 1. The van der Waals surface area contributed by atoms with Gasteiger partial charge >= 0.3 is 0 Å². The van der Waals surface area contributed by atoms with Gasteiger partial charge in [0, 0.05) is 49.7 Å². The van der Waals surface area contributed by atoms with E-state index in [4.69, 9.17) is 17.3 Å². The first-order chi connectivity index (χ1) is 12.6. The Labute approximate surface area is 161 Å². The Hall–Kier alpha value is -1.10. The fraction of sp³-hybridized carbons (Fsp3) is 0.667. The normalized spacial score (nSPS) is 32.5. The van der Waals surface area contributed by atoms with Gasteiger partial charge in [-0.2, -0.15) is 0 Å². The lowest BCUT2D eigenvalue weighted by atomic mass is 9.65. The predicted octanol–water partition coefficient (Wildman–Crippen LogP) is 3.14. The Morgan fingerprint density at radius 1 is 1.12 bits per heavy atom. The molecule has 1 saturated heterocycles. The van der Waals surface area contributed by atoms with Crippen LogP contribution in [0, 0.1) is 17.8 Å². The quantitative estimate of drug-likeness (QED) is 0.882. The first kappa shape index (κ1) is 18.3. The molecule has 3 aliphatic rings. The maximum Gasteiger partial charge on any atom is 0.225 e. The zero-order chi connectivity index (χ0) is 18.1. The standard InChI is InChI=1S/C21H30ClN3O/c22-19-6-1-3-15(11-19)14-24-7-9-25(10-8-24)21(26)18-12-16-4-2-5-17(13-18)20(16)23/h1,3,6,11,16-18,20H,2,4-5,7-10,12-14,23H2. The smallest absolute Gasteiger partial charge is 0.225 e. The van der Waals surface area contributed by atoms with Crippen molar-refractivity contribution in [2.75, 3.05) is 26.2 Å². The van der Waals surface area contributed by atoms with E-state index in [-0.39, 0.29) is 5.92 Å². The van der Waals surface area contributed by atoms with Crippen molar-refractivity contribution in [3.8, 4) is 0 Å². The number of fused-ring (bicyclic) bond motifs is 2. The first-order valence-electron chi connectivity index (χ1n) is 10.1. The van der Waals surface area contributed by atoms with Crippen molar-refractivity contribution < 1.29 is 4.79 Å². The first-order valence-corrected chi connectivity index (χ1v) is 10.5. The summed E-state index contributed by atoms with van der Waals surface area (Å²) in [6, 6.07) is 8.40. The van der Waals surface area contributed by atoms with Crippen LogP contribution < -0.4 is 5.73 Å². The van der Waals surface area contributed by atoms with Gasteiger partial charge < -0.3 is 10.6 Å². The number of piperazine rings is 1. The Kier molecular flexibility index (Phi) is 5.53. The van der Waals surface area contributed by atoms with Crippen molar-refractivity contribution in [2.45, 2.75) is 44.7 Å². The molecule has 1 aliphatic heterocycles. The van der Waals surface area contributed by atoms with Crippen molar-refractivity contribution in [2.24, 2.45) is 23.5 Å². The lowest BCUT2D eigenvalue weighted by Crippen LogP contribution is -2.53. The second-order valence-corrected chi connectivity index (χ2v) is 8.86. The molecule has 2 aliphatic carbocycles. The number of nitrogens with two attached hydrogens (primary N) is 1. The molecule has 3 fully saturated rings. The Morgan fingerprint density at radius 3 is 2.46 bits per heavy atom. The number of rotatable bonds is 3. The van der Waals surface area contributed by atoms with Gasteiger partial charge in [-0.05, 0) is 55.2 Å². The minimum Gasteiger partial charge on any atom is -0.340 e. The molecule has 1 heterocycles. The number of amides is 1. The topological polar surface area (TPSA) is 49.6 Å². The molecule has 2 saturated carbocycles. The van der Waals surface area contributed by atoms with Gasteiger partial charge in [0.15, 0.2) is 0 Å². The molecule has 4 nitrogen and oxygen atoms in total. The molecule has 5 heteroatoms. The van der Waals surface area contributed by atoms with Crippen LogP contribution in [-0.2, 0) is 11.3 Å². The molecule has 2 atom stereocenters. The van der Waals surface area contributed by atoms with E-state index >= 15 is 0 Å². The molecule has 4 rings (SSSR count). The highest BCUT2D eigenvalue weighted by atomic mass is 35.5. The van der Waals surface area contributed by atoms with Crippen LogP contribution in [0.25, 0.3) is 0 Å². The summed E-state index contributed by atoms with van der Waals surface area (Å²) in [7, 11) is 0. The third-order valence-electron chi connectivity index (χ3n) is 6.74. The zero-order valence-electron chi connectivity index (χ0n) is 15.4. The zero-order valence-corrected chi connectivity index (χ0v) is 16.2. The maximum absolute atomic E-state index is 13.0. The second-order valence-electron chi connectivity index (χ2n) is 8.43. The Bertz CT molecular complexity index is 630. The van der Waals surface area contributed by atoms with E-state index in [1.165, 1.54) is 24.8 Å². The van der Waals surface area contributed by atoms with Gasteiger partial charge in [-0.3, -0.25) is 9.69 Å². The van der Waals surface area contributed by atoms with Crippen molar-refractivity contribution in [3.05, 3.63) is 34.9 Å². The van der Waals surface area contributed by atoms with Crippen LogP contribution >= 0.6 is 11.6 Å². The molecule has 26 heavy (non-hydrogen) atoms. The van der Waals surface area contributed by atoms with Gasteiger partial charge in [-0.25, -0.2) is 0 Å². The SMILES string of the molecule is NC1C2CCCC1CC(C(=O)N1CCN(Cc3cccc(Cl)c3)CC1)C2. The third kappa shape index (κ3) is 3.92. The molecule has 0 radical (unpaired) electrons. The summed E-state index contributed by atoms with van der Waals surface area (Å²) < 4.78 is 0. The molecule has 0 aromatic heterocycles. The molecule has 1 amide bonds. The van der Waals surface area contributed by atoms with E-state index in [1.54, 1.807) is 0 Å². The average molecular weight is 376 g/mol. The summed E-state index contributed by atoms with van der Waals surface area (Å²) in [6.45, 7) is 4.48. The summed E-state index contributed by atoms with van der Waals surface area (Å²) in [5, 5.41) is 0.789. The second kappa shape index (κ2) is 7.87. The van der Waals surface area contributed by atoms with E-state index in [0.29, 0.717) is 23.8 Å². The van der Waals surface area contributed by atoms with E-state index in [0.717, 1.165) is 50.6 Å². The molecule has 2 N–H and O–H groups in total. The van der Waals surface area contributed by atoms with Crippen LogP contribution in [0.15, 0.2) is 24.3 Å². The predicted molar refractivity (Wildman–Crippen MR) is 105 cm³/mol. The van der Waals surface area contributed by atoms with Crippen LogP contribution in [0.4, 0.5) is 0 Å². The van der Waals surface area contributed by atoms with Crippen LogP contribution in [-0.4, -0.2) is 47.9 Å². The highest BCUT2D eigenvalue weighted by molar-refractivity contribution is 6.30. The van der Waals surface area contributed by atoms with E-state index < -0.39 is 0 Å². The molecule has 1 aromatic carbocycles. The maximum atomic E-state index is 13.0. The van der Waals surface area contributed by atoms with Gasteiger partial charge in [0.25, 0.3) is 0 Å². The van der Waals surface area contributed by atoms with E-state index in [9.17, 15) is 4.79 Å². The Balaban J connectivity index is 1.30. The highest BCUT2D eigenvalue weighted by Gasteiger charge is 2.41. The van der Waals surface area contributed by atoms with Gasteiger partial charge in [-0.1, -0.05) is 30.2 Å². The number of benzene rings is 1. The molecule has 0 spiro atoms. The summed E-state index contributed by atoms with van der Waals surface area (Å²) in [4.78, 5) is 17.6. The number of halogens is 1. The van der Waals surface area contributed by atoms with Crippen LogP contribution in [0.2, 0.25) is 5.02 Å². The minimum atomic E-state index is 0.213. The lowest BCUT2D eigenvalue weighted by molar-refractivity contribution is -0.140. The minimum absolute atomic E-state index is 0.213. The lowest BCUT2D eigenvalue weighted by Gasteiger charge is -2.45. The van der Waals surface area contributed by atoms with Crippen LogP contribution in [0.3, 0.4) is 0 Å². The van der Waals surface area contributed by atoms with Gasteiger partial charge in [0.05, 0.1) is 0 Å². The average Bonchev–Trinajstić information content (AvgIpc) is 2.62. The molecular weight excluding hydrogens is 346 g/mol. The summed E-state index contributed by atoms with van der Waals surface area (Å²) in [5.41, 5.74) is 7.63. The monoisotopic (exact) mass is 375 g/mol. The summed E-state index contributed by atoms with van der Waals surface area (Å²) >= 11 is 6.08. The number of nitrogens with zero attached hydrogens (tertiary/aromatic N) is 2. The van der Waals surface area contributed by atoms with Crippen molar-refractivity contribution >= 4 is 17.5 Å². The molecule has 1 aromatic rings. The molecular formula is C21H30ClN3O.